The first-order valence-electron chi connectivity index (χ1n) is 19.4. The molecule has 0 nitrogen and oxygen atoms in total. The van der Waals surface area contributed by atoms with Gasteiger partial charge >= 0.3 is 0 Å². The van der Waals surface area contributed by atoms with Crippen LogP contribution < -0.4 is 0 Å². The molecule has 0 unspecified atom stereocenters. The zero-order valence-corrected chi connectivity index (χ0v) is 30.8. The van der Waals surface area contributed by atoms with Crippen LogP contribution in [0.4, 0.5) is 0 Å². The Morgan fingerprint density at radius 3 is 1.60 bits per heavy atom. The van der Waals surface area contributed by atoms with Gasteiger partial charge in [0.15, 0.2) is 0 Å². The SMILES string of the molecule is CC1(C)c2ccccc2-c2cc3c4ccccc4c4cc(-c5ccc(-c6cccc(-c7ccc8ccc9cccc%10ccc7c8c9%10)c6)cc5)ccc4c3cc21. The van der Waals surface area contributed by atoms with Crippen molar-refractivity contribution in [3.05, 3.63) is 193 Å². The van der Waals surface area contributed by atoms with Crippen LogP contribution in [0.3, 0.4) is 0 Å². The molecule has 0 spiro atoms. The van der Waals surface area contributed by atoms with Gasteiger partial charge < -0.3 is 0 Å². The number of hydrogen-bond donors (Lipinski definition) is 0. The minimum absolute atomic E-state index is 0.0404. The third-order valence-corrected chi connectivity index (χ3v) is 12.8. The highest BCUT2D eigenvalue weighted by molar-refractivity contribution is 6.27. The van der Waals surface area contributed by atoms with Crippen molar-refractivity contribution in [2.75, 3.05) is 0 Å². The molecular formula is C55H36. The summed E-state index contributed by atoms with van der Waals surface area (Å²) in [6, 6.07) is 68.4. The van der Waals surface area contributed by atoms with Gasteiger partial charge in [0.2, 0.25) is 0 Å². The van der Waals surface area contributed by atoms with E-state index in [2.05, 4.69) is 196 Å². The Hall–Kier alpha value is -6.76. The Morgan fingerprint density at radius 1 is 0.273 bits per heavy atom. The molecule has 0 atom stereocenters. The van der Waals surface area contributed by atoms with Crippen LogP contribution in [0, 0.1) is 0 Å². The van der Waals surface area contributed by atoms with Crippen molar-refractivity contribution in [1.82, 2.24) is 0 Å². The molecule has 0 saturated carbocycles. The molecule has 55 heavy (non-hydrogen) atoms. The Labute approximate surface area is 320 Å². The quantitative estimate of drug-likeness (QED) is 0.161. The summed E-state index contributed by atoms with van der Waals surface area (Å²) in [4.78, 5) is 0. The Bertz CT molecular complexity index is 3360. The van der Waals surface area contributed by atoms with Crippen molar-refractivity contribution in [2.24, 2.45) is 0 Å². The molecule has 0 bridgehead atoms. The smallest absolute Gasteiger partial charge is 0.0159 e. The molecule has 0 heteroatoms. The van der Waals surface area contributed by atoms with Gasteiger partial charge in [0, 0.05) is 5.41 Å². The molecule has 12 rings (SSSR count). The summed E-state index contributed by atoms with van der Waals surface area (Å²) in [5.41, 5.74) is 13.0. The van der Waals surface area contributed by atoms with E-state index in [4.69, 9.17) is 0 Å². The maximum Gasteiger partial charge on any atom is 0.0159 e. The number of hydrogen-bond acceptors (Lipinski definition) is 0. The van der Waals surface area contributed by atoms with Crippen LogP contribution in [-0.2, 0) is 5.41 Å². The van der Waals surface area contributed by atoms with Crippen LogP contribution in [0.1, 0.15) is 25.0 Å². The molecule has 0 aliphatic heterocycles. The summed E-state index contributed by atoms with van der Waals surface area (Å²) in [6.07, 6.45) is 0. The van der Waals surface area contributed by atoms with Gasteiger partial charge in [-0.2, -0.15) is 0 Å². The zero-order chi connectivity index (χ0) is 36.4. The van der Waals surface area contributed by atoms with Gasteiger partial charge in [-0.05, 0) is 145 Å². The Balaban J connectivity index is 0.947. The molecule has 11 aromatic carbocycles. The first kappa shape index (κ1) is 30.7. The van der Waals surface area contributed by atoms with E-state index in [1.165, 1.54) is 120 Å². The van der Waals surface area contributed by atoms with Crippen molar-refractivity contribution in [3.63, 3.8) is 0 Å². The second-order valence-electron chi connectivity index (χ2n) is 16.0. The zero-order valence-electron chi connectivity index (χ0n) is 30.8. The van der Waals surface area contributed by atoms with Crippen LogP contribution in [0.25, 0.3) is 109 Å². The summed E-state index contributed by atoms with van der Waals surface area (Å²) in [5.74, 6) is 0. The molecule has 1 aliphatic carbocycles. The second-order valence-corrected chi connectivity index (χ2v) is 16.0. The lowest BCUT2D eigenvalue weighted by molar-refractivity contribution is 0.661. The highest BCUT2D eigenvalue weighted by Gasteiger charge is 2.35. The fourth-order valence-electron chi connectivity index (χ4n) is 10.0. The lowest BCUT2D eigenvalue weighted by atomic mass is 9.81. The molecule has 1 aliphatic rings. The molecule has 0 amide bonds. The predicted octanol–water partition coefficient (Wildman–Crippen LogP) is 15.4. The average molecular weight is 697 g/mol. The predicted molar refractivity (Wildman–Crippen MR) is 237 cm³/mol. The van der Waals surface area contributed by atoms with Gasteiger partial charge in [-0.3, -0.25) is 0 Å². The van der Waals surface area contributed by atoms with Crippen molar-refractivity contribution >= 4 is 64.6 Å². The maximum atomic E-state index is 2.49. The molecular weight excluding hydrogens is 661 g/mol. The molecule has 0 radical (unpaired) electrons. The maximum absolute atomic E-state index is 2.49. The van der Waals surface area contributed by atoms with Crippen LogP contribution >= 0.6 is 0 Å². The van der Waals surface area contributed by atoms with Gasteiger partial charge in [0.1, 0.15) is 0 Å². The van der Waals surface area contributed by atoms with E-state index < -0.39 is 0 Å². The molecule has 0 aromatic heterocycles. The minimum atomic E-state index is -0.0404. The van der Waals surface area contributed by atoms with Crippen molar-refractivity contribution in [1.29, 1.82) is 0 Å². The molecule has 11 aromatic rings. The molecule has 0 heterocycles. The fraction of sp³-hybridized carbons (Fsp3) is 0.0545. The van der Waals surface area contributed by atoms with Crippen molar-refractivity contribution < 1.29 is 0 Å². The Kier molecular flexibility index (Phi) is 6.21. The fourth-order valence-corrected chi connectivity index (χ4v) is 10.0. The van der Waals surface area contributed by atoms with E-state index in [1.54, 1.807) is 0 Å². The van der Waals surface area contributed by atoms with E-state index in [-0.39, 0.29) is 5.41 Å². The monoisotopic (exact) mass is 696 g/mol. The highest BCUT2D eigenvalue weighted by atomic mass is 14.4. The standard InChI is InChI=1S/C55H36/c1-55(2)51-16-6-5-15-45(51)50-31-48-43-14-4-3-13-42(43)47-30-39(25-27-44(47)49(48)32-52(50)55)34-19-17-33(18-20-34)38-11-8-12-40(29-38)41-26-23-37-22-21-35-9-7-10-36-24-28-46(41)54(37)53(35)36/h3-32H,1-2H3. The first-order chi connectivity index (χ1) is 27.0. The molecule has 0 saturated heterocycles. The third-order valence-electron chi connectivity index (χ3n) is 12.8. The number of rotatable bonds is 3. The summed E-state index contributed by atoms with van der Waals surface area (Å²) in [6.45, 7) is 4.75. The number of fused-ring (bicyclic) bond motifs is 9. The first-order valence-corrected chi connectivity index (χ1v) is 19.4. The van der Waals surface area contributed by atoms with Gasteiger partial charge in [0.25, 0.3) is 0 Å². The summed E-state index contributed by atoms with van der Waals surface area (Å²) >= 11 is 0. The summed E-state index contributed by atoms with van der Waals surface area (Å²) in [7, 11) is 0. The van der Waals surface area contributed by atoms with Crippen LogP contribution in [0.15, 0.2) is 182 Å². The topological polar surface area (TPSA) is 0 Å². The van der Waals surface area contributed by atoms with E-state index in [9.17, 15) is 0 Å². The molecule has 0 N–H and O–H groups in total. The largest absolute Gasteiger partial charge is 0.0619 e. The summed E-state index contributed by atoms with van der Waals surface area (Å²) < 4.78 is 0. The van der Waals surface area contributed by atoms with E-state index in [1.807, 2.05) is 0 Å². The molecule has 0 fully saturated rings. The van der Waals surface area contributed by atoms with E-state index >= 15 is 0 Å². The third kappa shape index (κ3) is 4.34. The van der Waals surface area contributed by atoms with Crippen LogP contribution in [0.5, 0.6) is 0 Å². The van der Waals surface area contributed by atoms with E-state index in [0.717, 1.165) is 0 Å². The highest BCUT2D eigenvalue weighted by Crippen LogP contribution is 2.51. The average Bonchev–Trinajstić information content (AvgIpc) is 3.47. The number of benzene rings is 11. The van der Waals surface area contributed by atoms with Gasteiger partial charge in [-0.25, -0.2) is 0 Å². The Morgan fingerprint density at radius 2 is 0.818 bits per heavy atom. The van der Waals surface area contributed by atoms with Gasteiger partial charge in [-0.15, -0.1) is 0 Å². The van der Waals surface area contributed by atoms with Gasteiger partial charge in [0.05, 0.1) is 0 Å². The minimum Gasteiger partial charge on any atom is -0.0619 e. The second kappa shape index (κ2) is 11.1. The van der Waals surface area contributed by atoms with Crippen molar-refractivity contribution in [2.45, 2.75) is 19.3 Å². The van der Waals surface area contributed by atoms with Crippen LogP contribution in [-0.4, -0.2) is 0 Å². The van der Waals surface area contributed by atoms with Crippen molar-refractivity contribution in [3.8, 4) is 44.5 Å². The lowest BCUT2D eigenvalue weighted by Gasteiger charge is -2.22. The van der Waals surface area contributed by atoms with E-state index in [0.29, 0.717) is 0 Å². The summed E-state index contributed by atoms with van der Waals surface area (Å²) in [5, 5.41) is 15.8. The normalized spacial score (nSPS) is 13.4. The van der Waals surface area contributed by atoms with Crippen LogP contribution in [0.2, 0.25) is 0 Å². The lowest BCUT2D eigenvalue weighted by Crippen LogP contribution is -2.14. The van der Waals surface area contributed by atoms with Gasteiger partial charge in [-0.1, -0.05) is 172 Å². The molecule has 256 valence electrons.